The maximum Gasteiger partial charge on any atom is 0.170 e. The number of oxime groups is 2. The van der Waals surface area contributed by atoms with Gasteiger partial charge < -0.3 is 19.1 Å². The SMILES string of the molecule is COc1ccc(C2=NOC(c3ccc(Cl)cc3)C2C(=O)C2(C)C(c3ccc(OC)cc3)=NOC2c2ccccc2)cc1. The maximum atomic E-state index is 15.2. The van der Waals surface area contributed by atoms with E-state index in [1.165, 1.54) is 0 Å². The monoisotopic (exact) mass is 580 g/mol. The molecule has 4 aromatic carbocycles. The Labute approximate surface area is 249 Å². The lowest BCUT2D eigenvalue weighted by molar-refractivity contribution is -0.134. The minimum absolute atomic E-state index is 0.129. The predicted octanol–water partition coefficient (Wildman–Crippen LogP) is 7.20. The highest BCUT2D eigenvalue weighted by atomic mass is 35.5. The van der Waals surface area contributed by atoms with Crippen LogP contribution in [0.25, 0.3) is 0 Å². The zero-order chi connectivity index (χ0) is 29.3. The second-order valence-electron chi connectivity index (χ2n) is 10.4. The average Bonchev–Trinajstić information content (AvgIpc) is 3.64. The van der Waals surface area contributed by atoms with Crippen LogP contribution in [0.2, 0.25) is 5.02 Å². The van der Waals surface area contributed by atoms with Crippen LogP contribution >= 0.6 is 11.6 Å². The van der Waals surface area contributed by atoms with E-state index in [4.69, 9.17) is 30.7 Å². The number of carbonyl (C=O) groups is 1. The number of halogens is 1. The lowest BCUT2D eigenvalue weighted by atomic mass is 9.66. The molecule has 0 radical (unpaired) electrons. The van der Waals surface area contributed by atoms with Crippen LogP contribution in [0, 0.1) is 11.3 Å². The van der Waals surface area contributed by atoms with E-state index in [-0.39, 0.29) is 5.78 Å². The Morgan fingerprint density at radius 2 is 1.33 bits per heavy atom. The van der Waals surface area contributed by atoms with Crippen molar-refractivity contribution in [1.82, 2.24) is 0 Å². The van der Waals surface area contributed by atoms with Gasteiger partial charge in [0.05, 0.1) is 14.2 Å². The molecule has 2 aliphatic rings. The molecule has 0 aromatic heterocycles. The molecule has 0 N–H and O–H groups in total. The molecule has 0 bridgehead atoms. The van der Waals surface area contributed by atoms with E-state index in [1.807, 2.05) is 97.9 Å². The number of carbonyl (C=O) groups excluding carboxylic acids is 1. The molecular formula is C34H29ClN2O5. The van der Waals surface area contributed by atoms with Crippen molar-refractivity contribution in [1.29, 1.82) is 0 Å². The number of methoxy groups -OCH3 is 2. The van der Waals surface area contributed by atoms with Gasteiger partial charge in [0.1, 0.15) is 34.3 Å². The van der Waals surface area contributed by atoms with Gasteiger partial charge in [-0.2, -0.15) is 0 Å². The number of ketones is 1. The van der Waals surface area contributed by atoms with Crippen LogP contribution in [0.1, 0.15) is 41.4 Å². The number of benzene rings is 4. The van der Waals surface area contributed by atoms with E-state index < -0.39 is 23.5 Å². The fourth-order valence-electron chi connectivity index (χ4n) is 5.66. The first kappa shape index (κ1) is 27.5. The third kappa shape index (κ3) is 4.80. The Morgan fingerprint density at radius 1 is 0.738 bits per heavy atom. The van der Waals surface area contributed by atoms with Crippen molar-refractivity contribution in [2.24, 2.45) is 21.6 Å². The van der Waals surface area contributed by atoms with E-state index >= 15 is 4.79 Å². The molecule has 42 heavy (non-hydrogen) atoms. The number of nitrogens with zero attached hydrogens (tertiary/aromatic N) is 2. The summed E-state index contributed by atoms with van der Waals surface area (Å²) in [5, 5.41) is 9.61. The standard InChI is InChI=1S/C34H29ClN2O5/c1-34(31(23-13-19-27(40-3)20-14-23)37-42-33(34)24-7-5-4-6-8-24)32(38)28-29(21-11-17-26(39-2)18-12-21)36-41-30(28)22-9-15-25(35)16-10-22/h4-20,28,30,33H,1-3H3. The van der Waals surface area contributed by atoms with Gasteiger partial charge in [0.2, 0.25) is 0 Å². The van der Waals surface area contributed by atoms with Gasteiger partial charge in [-0.1, -0.05) is 64.4 Å². The van der Waals surface area contributed by atoms with Crippen molar-refractivity contribution in [3.8, 4) is 11.5 Å². The van der Waals surface area contributed by atoms with E-state index in [2.05, 4.69) is 10.3 Å². The van der Waals surface area contributed by atoms with E-state index in [9.17, 15) is 0 Å². The summed E-state index contributed by atoms with van der Waals surface area (Å²) < 4.78 is 10.7. The molecule has 4 aromatic rings. The Morgan fingerprint density at radius 3 is 1.93 bits per heavy atom. The normalized spacial score (nSPS) is 22.9. The van der Waals surface area contributed by atoms with Crippen molar-refractivity contribution in [3.63, 3.8) is 0 Å². The molecule has 6 rings (SSSR count). The van der Waals surface area contributed by atoms with Crippen molar-refractivity contribution < 1.29 is 23.9 Å². The highest BCUT2D eigenvalue weighted by Crippen LogP contribution is 2.50. The number of hydrogen-bond donors (Lipinski definition) is 0. The summed E-state index contributed by atoms with van der Waals surface area (Å²) >= 11 is 6.20. The number of hydrogen-bond acceptors (Lipinski definition) is 7. The number of ether oxygens (including phenoxy) is 2. The molecule has 0 amide bonds. The van der Waals surface area contributed by atoms with E-state index in [1.54, 1.807) is 26.4 Å². The molecule has 0 spiro atoms. The zero-order valence-electron chi connectivity index (χ0n) is 23.4. The van der Waals surface area contributed by atoms with Crippen LogP contribution in [0.4, 0.5) is 0 Å². The smallest absolute Gasteiger partial charge is 0.170 e. The minimum atomic E-state index is -1.20. The summed E-state index contributed by atoms with van der Waals surface area (Å²) in [7, 11) is 3.22. The van der Waals surface area contributed by atoms with Gasteiger partial charge in [-0.25, -0.2) is 0 Å². The van der Waals surface area contributed by atoms with Crippen LogP contribution in [0.15, 0.2) is 113 Å². The Bertz CT molecular complexity index is 1640. The molecule has 4 atom stereocenters. The number of rotatable bonds is 8. The van der Waals surface area contributed by atoms with Gasteiger partial charge in [0.25, 0.3) is 0 Å². The van der Waals surface area contributed by atoms with Crippen LogP contribution in [0.3, 0.4) is 0 Å². The lowest BCUT2D eigenvalue weighted by Gasteiger charge is -2.33. The highest BCUT2D eigenvalue weighted by Gasteiger charge is 2.58. The summed E-state index contributed by atoms with van der Waals surface area (Å²) in [6, 6.07) is 31.9. The molecule has 0 fully saturated rings. The number of Topliss-reactive ketones (excluding diaryl/α,β-unsaturated/α-hetero) is 1. The van der Waals surface area contributed by atoms with Gasteiger partial charge in [-0.15, -0.1) is 0 Å². The molecule has 2 heterocycles. The second kappa shape index (κ2) is 11.3. The van der Waals surface area contributed by atoms with Gasteiger partial charge in [-0.05, 0) is 78.7 Å². The summed E-state index contributed by atoms with van der Waals surface area (Å²) in [4.78, 5) is 27.4. The fraction of sp³-hybridized carbons (Fsp3) is 0.206. The van der Waals surface area contributed by atoms with Crippen LogP contribution in [-0.2, 0) is 14.5 Å². The van der Waals surface area contributed by atoms with Gasteiger partial charge in [0.15, 0.2) is 18.0 Å². The summed E-state index contributed by atoms with van der Waals surface area (Å²) in [6.45, 7) is 1.89. The molecule has 8 heteroatoms. The van der Waals surface area contributed by atoms with Crippen molar-refractivity contribution in [3.05, 3.63) is 130 Å². The first-order chi connectivity index (χ1) is 20.4. The molecule has 0 aliphatic carbocycles. The molecule has 4 unspecified atom stereocenters. The van der Waals surface area contributed by atoms with Gasteiger partial charge in [0, 0.05) is 16.1 Å². The van der Waals surface area contributed by atoms with Crippen LogP contribution in [-0.4, -0.2) is 31.4 Å². The predicted molar refractivity (Wildman–Crippen MR) is 161 cm³/mol. The van der Waals surface area contributed by atoms with Crippen LogP contribution < -0.4 is 9.47 Å². The van der Waals surface area contributed by atoms with Crippen molar-refractivity contribution in [2.45, 2.75) is 19.1 Å². The summed E-state index contributed by atoms with van der Waals surface area (Å²) in [5.74, 6) is 0.493. The third-order valence-corrected chi connectivity index (χ3v) is 8.22. The third-order valence-electron chi connectivity index (χ3n) is 7.97. The Hall–Kier alpha value is -4.62. The van der Waals surface area contributed by atoms with Gasteiger partial charge >= 0.3 is 0 Å². The van der Waals surface area contributed by atoms with E-state index in [0.717, 1.165) is 22.3 Å². The molecule has 0 saturated heterocycles. The van der Waals surface area contributed by atoms with Crippen molar-refractivity contribution >= 4 is 28.8 Å². The summed E-state index contributed by atoms with van der Waals surface area (Å²) in [6.07, 6.45) is -1.36. The molecule has 0 saturated carbocycles. The zero-order valence-corrected chi connectivity index (χ0v) is 24.1. The quantitative estimate of drug-likeness (QED) is 0.220. The molecule has 2 aliphatic heterocycles. The minimum Gasteiger partial charge on any atom is -0.497 e. The maximum absolute atomic E-state index is 15.2. The summed E-state index contributed by atoms with van der Waals surface area (Å²) in [5.41, 5.74) is 2.99. The lowest BCUT2D eigenvalue weighted by Crippen LogP contribution is -2.46. The average molecular weight is 581 g/mol. The fourth-order valence-corrected chi connectivity index (χ4v) is 5.78. The first-order valence-corrected chi connectivity index (χ1v) is 13.9. The molecule has 212 valence electrons. The Kier molecular flexibility index (Phi) is 7.43. The molecule has 7 nitrogen and oxygen atoms in total. The Balaban J connectivity index is 1.48. The second-order valence-corrected chi connectivity index (χ2v) is 10.8. The largest absolute Gasteiger partial charge is 0.497 e. The van der Waals surface area contributed by atoms with Gasteiger partial charge in [-0.3, -0.25) is 4.79 Å². The topological polar surface area (TPSA) is 78.7 Å². The van der Waals surface area contributed by atoms with Crippen molar-refractivity contribution in [2.75, 3.05) is 14.2 Å². The van der Waals surface area contributed by atoms with Crippen LogP contribution in [0.5, 0.6) is 11.5 Å². The first-order valence-electron chi connectivity index (χ1n) is 13.6. The molecular weight excluding hydrogens is 552 g/mol. The van der Waals surface area contributed by atoms with E-state index in [0.29, 0.717) is 27.9 Å². The highest BCUT2D eigenvalue weighted by molar-refractivity contribution is 6.30.